The summed E-state index contributed by atoms with van der Waals surface area (Å²) in [4.78, 5) is 26.5. The summed E-state index contributed by atoms with van der Waals surface area (Å²) >= 11 is 0. The summed E-state index contributed by atoms with van der Waals surface area (Å²) < 4.78 is 10.0. The Morgan fingerprint density at radius 3 is 2.50 bits per heavy atom. The zero-order valence-electron chi connectivity index (χ0n) is 11.1. The van der Waals surface area contributed by atoms with Gasteiger partial charge in [-0.3, -0.25) is 9.69 Å². The highest BCUT2D eigenvalue weighted by molar-refractivity contribution is 5.89. The molecule has 0 aromatic heterocycles. The monoisotopic (exact) mass is 276 g/mol. The second kappa shape index (κ2) is 5.50. The van der Waals surface area contributed by atoms with Crippen molar-refractivity contribution in [2.24, 2.45) is 0 Å². The maximum Gasteiger partial charge on any atom is 0.414 e. The number of cyclic esters (lactones) is 1. The van der Waals surface area contributed by atoms with Gasteiger partial charge in [0.1, 0.15) is 13.2 Å². The molecule has 6 heteroatoms. The summed E-state index contributed by atoms with van der Waals surface area (Å²) in [5, 5.41) is 0. The fourth-order valence-corrected chi connectivity index (χ4v) is 2.35. The normalized spacial score (nSPS) is 19.4. The Hall–Kier alpha value is -2.08. The van der Waals surface area contributed by atoms with Crippen LogP contribution in [-0.2, 0) is 20.8 Å². The maximum absolute atomic E-state index is 11.6. The van der Waals surface area contributed by atoms with Gasteiger partial charge < -0.3 is 14.4 Å². The maximum atomic E-state index is 11.6. The molecule has 2 fully saturated rings. The molecule has 106 valence electrons. The first kappa shape index (κ1) is 12.9. The average Bonchev–Trinajstić information content (AvgIpc) is 2.89. The standard InChI is InChI=1S/C14H16N2O4/c17-13-10-19-7-5-15(13)9-11-1-3-12(4-2-11)16-6-8-20-14(16)18/h1-4H,5-10H2. The summed E-state index contributed by atoms with van der Waals surface area (Å²) in [6.45, 7) is 2.97. The van der Waals surface area contributed by atoms with E-state index in [9.17, 15) is 9.59 Å². The van der Waals surface area contributed by atoms with Crippen molar-refractivity contribution in [2.75, 3.05) is 37.8 Å². The summed E-state index contributed by atoms with van der Waals surface area (Å²) in [6, 6.07) is 7.63. The molecule has 1 aromatic rings. The van der Waals surface area contributed by atoms with Crippen LogP contribution in [0.15, 0.2) is 24.3 Å². The van der Waals surface area contributed by atoms with Crippen LogP contribution in [0.25, 0.3) is 0 Å². The summed E-state index contributed by atoms with van der Waals surface area (Å²) in [5.74, 6) is 0.0171. The zero-order chi connectivity index (χ0) is 13.9. The highest BCUT2D eigenvalue weighted by Gasteiger charge is 2.23. The SMILES string of the molecule is O=C1COCCN1Cc1ccc(N2CCOC2=O)cc1. The van der Waals surface area contributed by atoms with Crippen molar-refractivity contribution in [3.05, 3.63) is 29.8 Å². The fourth-order valence-electron chi connectivity index (χ4n) is 2.35. The van der Waals surface area contributed by atoms with Crippen molar-refractivity contribution >= 4 is 17.7 Å². The fraction of sp³-hybridized carbons (Fsp3) is 0.429. The quantitative estimate of drug-likeness (QED) is 0.826. The average molecular weight is 276 g/mol. The molecule has 0 bridgehead atoms. The molecule has 0 N–H and O–H groups in total. The van der Waals surface area contributed by atoms with Crippen molar-refractivity contribution in [3.8, 4) is 0 Å². The number of carbonyl (C=O) groups is 2. The Kier molecular flexibility index (Phi) is 3.56. The predicted molar refractivity (Wildman–Crippen MR) is 71.4 cm³/mol. The molecule has 2 aliphatic heterocycles. The number of nitrogens with zero attached hydrogens (tertiary/aromatic N) is 2. The molecule has 2 amide bonds. The Balaban J connectivity index is 1.66. The van der Waals surface area contributed by atoms with Crippen LogP contribution in [0.1, 0.15) is 5.56 Å². The number of ether oxygens (including phenoxy) is 2. The topological polar surface area (TPSA) is 59.1 Å². The number of anilines is 1. The first-order chi connectivity index (χ1) is 9.74. The van der Waals surface area contributed by atoms with Crippen LogP contribution in [-0.4, -0.2) is 49.8 Å². The van der Waals surface area contributed by atoms with Crippen LogP contribution in [0.5, 0.6) is 0 Å². The number of morpholine rings is 1. The molecular weight excluding hydrogens is 260 g/mol. The van der Waals surface area contributed by atoms with Gasteiger partial charge in [0.25, 0.3) is 0 Å². The zero-order valence-corrected chi connectivity index (χ0v) is 11.1. The third kappa shape index (κ3) is 2.60. The van der Waals surface area contributed by atoms with Crippen molar-refractivity contribution in [1.82, 2.24) is 4.90 Å². The van der Waals surface area contributed by atoms with Crippen LogP contribution in [0, 0.1) is 0 Å². The molecule has 2 heterocycles. The minimum absolute atomic E-state index is 0.0171. The number of benzene rings is 1. The molecule has 3 rings (SSSR count). The van der Waals surface area contributed by atoms with Crippen molar-refractivity contribution in [2.45, 2.75) is 6.54 Å². The van der Waals surface area contributed by atoms with E-state index in [2.05, 4.69) is 0 Å². The smallest absolute Gasteiger partial charge is 0.414 e. The van der Waals surface area contributed by atoms with Crippen LogP contribution in [0.2, 0.25) is 0 Å². The van der Waals surface area contributed by atoms with Crippen molar-refractivity contribution in [3.63, 3.8) is 0 Å². The predicted octanol–water partition coefficient (Wildman–Crippen LogP) is 1.00. The molecule has 6 nitrogen and oxygen atoms in total. The number of rotatable bonds is 3. The lowest BCUT2D eigenvalue weighted by molar-refractivity contribution is -0.143. The lowest BCUT2D eigenvalue weighted by atomic mass is 10.1. The van der Waals surface area contributed by atoms with E-state index in [1.54, 1.807) is 9.80 Å². The van der Waals surface area contributed by atoms with Gasteiger partial charge in [-0.25, -0.2) is 4.79 Å². The molecule has 2 saturated heterocycles. The Bertz CT molecular complexity index is 514. The first-order valence-electron chi connectivity index (χ1n) is 6.63. The van der Waals surface area contributed by atoms with E-state index in [4.69, 9.17) is 9.47 Å². The molecular formula is C14H16N2O4. The van der Waals surface area contributed by atoms with Gasteiger partial charge in [0.05, 0.1) is 13.2 Å². The lowest BCUT2D eigenvalue weighted by Crippen LogP contribution is -2.40. The molecule has 0 aliphatic carbocycles. The number of hydrogen-bond donors (Lipinski definition) is 0. The molecule has 2 aliphatic rings. The van der Waals surface area contributed by atoms with Gasteiger partial charge >= 0.3 is 6.09 Å². The van der Waals surface area contributed by atoms with Gasteiger partial charge in [0, 0.05) is 18.8 Å². The largest absolute Gasteiger partial charge is 0.447 e. The highest BCUT2D eigenvalue weighted by Crippen LogP contribution is 2.20. The number of hydrogen-bond acceptors (Lipinski definition) is 4. The molecule has 1 aromatic carbocycles. The van der Waals surface area contributed by atoms with E-state index in [0.29, 0.717) is 32.8 Å². The van der Waals surface area contributed by atoms with Gasteiger partial charge in [0.15, 0.2) is 0 Å². The van der Waals surface area contributed by atoms with Crippen molar-refractivity contribution in [1.29, 1.82) is 0 Å². The minimum atomic E-state index is -0.305. The van der Waals surface area contributed by atoms with Gasteiger partial charge in [-0.1, -0.05) is 12.1 Å². The second-order valence-electron chi connectivity index (χ2n) is 4.80. The van der Waals surface area contributed by atoms with Crippen LogP contribution in [0.3, 0.4) is 0 Å². The van der Waals surface area contributed by atoms with Gasteiger partial charge in [-0.15, -0.1) is 0 Å². The molecule has 0 unspecified atom stereocenters. The van der Waals surface area contributed by atoms with Gasteiger partial charge in [-0.2, -0.15) is 0 Å². The molecule has 20 heavy (non-hydrogen) atoms. The van der Waals surface area contributed by atoms with E-state index in [-0.39, 0.29) is 18.6 Å². The van der Waals surface area contributed by atoms with E-state index in [1.165, 1.54) is 0 Å². The van der Waals surface area contributed by atoms with Gasteiger partial charge in [0.2, 0.25) is 5.91 Å². The number of amides is 2. The first-order valence-corrected chi connectivity index (χ1v) is 6.63. The van der Waals surface area contributed by atoms with Gasteiger partial charge in [-0.05, 0) is 17.7 Å². The third-order valence-corrected chi connectivity index (χ3v) is 3.47. The highest BCUT2D eigenvalue weighted by atomic mass is 16.6. The summed E-state index contributed by atoms with van der Waals surface area (Å²) in [6.07, 6.45) is -0.305. The molecule has 0 radical (unpaired) electrons. The summed E-state index contributed by atoms with van der Waals surface area (Å²) in [7, 11) is 0. The Morgan fingerprint density at radius 2 is 1.85 bits per heavy atom. The minimum Gasteiger partial charge on any atom is -0.447 e. The van der Waals surface area contributed by atoms with Crippen LogP contribution >= 0.6 is 0 Å². The molecule has 0 spiro atoms. The van der Waals surface area contributed by atoms with E-state index >= 15 is 0 Å². The second-order valence-corrected chi connectivity index (χ2v) is 4.80. The molecule has 0 saturated carbocycles. The number of carbonyl (C=O) groups excluding carboxylic acids is 2. The third-order valence-electron chi connectivity index (χ3n) is 3.47. The van der Waals surface area contributed by atoms with E-state index < -0.39 is 0 Å². The molecule has 0 atom stereocenters. The Morgan fingerprint density at radius 1 is 1.05 bits per heavy atom. The van der Waals surface area contributed by atoms with Crippen molar-refractivity contribution < 1.29 is 19.1 Å². The summed E-state index contributed by atoms with van der Waals surface area (Å²) in [5.41, 5.74) is 1.86. The Labute approximate surface area is 116 Å². The van der Waals surface area contributed by atoms with Crippen LogP contribution in [0.4, 0.5) is 10.5 Å². The van der Waals surface area contributed by atoms with Crippen LogP contribution < -0.4 is 4.90 Å². The van der Waals surface area contributed by atoms with E-state index in [0.717, 1.165) is 11.3 Å². The van der Waals surface area contributed by atoms with E-state index in [1.807, 2.05) is 24.3 Å². The lowest BCUT2D eigenvalue weighted by Gasteiger charge is -2.27.